The molecule has 0 fully saturated rings. The predicted molar refractivity (Wildman–Crippen MR) is 90.2 cm³/mol. The van der Waals surface area contributed by atoms with Crippen LogP contribution >= 0.6 is 12.2 Å². The smallest absolute Gasteiger partial charge is 0.167 e. The highest BCUT2D eigenvalue weighted by atomic mass is 32.1. The molecule has 0 saturated carbocycles. The van der Waals surface area contributed by atoms with E-state index in [9.17, 15) is 4.39 Å². The Kier molecular flexibility index (Phi) is 5.50. The molecular weight excluding hydrogens is 299 g/mol. The zero-order valence-corrected chi connectivity index (χ0v) is 13.8. The number of hydrogen-bond acceptors (Lipinski definition) is 3. The fourth-order valence-electron chi connectivity index (χ4n) is 2.08. The molecule has 116 valence electrons. The van der Waals surface area contributed by atoms with Gasteiger partial charge in [-0.1, -0.05) is 30.7 Å². The summed E-state index contributed by atoms with van der Waals surface area (Å²) in [6, 6.07) is 10.6. The van der Waals surface area contributed by atoms with E-state index >= 15 is 0 Å². The zero-order valence-electron chi connectivity index (χ0n) is 13.0. The van der Waals surface area contributed by atoms with Crippen LogP contribution in [0.3, 0.4) is 0 Å². The van der Waals surface area contributed by atoms with E-state index in [4.69, 9.17) is 21.7 Å². The van der Waals surface area contributed by atoms with Gasteiger partial charge in [0, 0.05) is 6.42 Å². The van der Waals surface area contributed by atoms with Crippen molar-refractivity contribution in [3.8, 4) is 11.5 Å². The summed E-state index contributed by atoms with van der Waals surface area (Å²) in [4.78, 5) is 0. The molecule has 0 aliphatic rings. The van der Waals surface area contributed by atoms with E-state index in [1.54, 1.807) is 12.1 Å². The molecular formula is C18H19FO2S. The first kappa shape index (κ1) is 16.4. The van der Waals surface area contributed by atoms with Crippen LogP contribution in [0, 0.1) is 19.7 Å². The second-order valence-corrected chi connectivity index (χ2v) is 5.56. The average Bonchev–Trinajstić information content (AvgIpc) is 2.48. The molecule has 0 N–H and O–H groups in total. The number of hydrogen-bond donors (Lipinski definition) is 0. The van der Waals surface area contributed by atoms with Gasteiger partial charge in [-0.3, -0.25) is 0 Å². The number of ether oxygens (including phenoxy) is 2. The molecule has 0 aliphatic heterocycles. The first-order valence-corrected chi connectivity index (χ1v) is 7.60. The minimum atomic E-state index is -0.360. The van der Waals surface area contributed by atoms with Crippen LogP contribution in [0.1, 0.15) is 30.0 Å². The lowest BCUT2D eigenvalue weighted by atomic mass is 10.1. The van der Waals surface area contributed by atoms with Crippen molar-refractivity contribution in [1.29, 1.82) is 0 Å². The molecule has 0 saturated heterocycles. The number of rotatable bonds is 5. The van der Waals surface area contributed by atoms with Crippen LogP contribution < -0.4 is 9.47 Å². The van der Waals surface area contributed by atoms with Crippen LogP contribution in [0.4, 0.5) is 4.39 Å². The Morgan fingerprint density at radius 1 is 1.14 bits per heavy atom. The summed E-state index contributed by atoms with van der Waals surface area (Å²) in [7, 11) is 0. The topological polar surface area (TPSA) is 18.5 Å². The molecule has 2 aromatic carbocycles. The largest absolute Gasteiger partial charge is 0.488 e. The van der Waals surface area contributed by atoms with Crippen LogP contribution in [0.15, 0.2) is 36.4 Å². The minimum absolute atomic E-state index is 0.0955. The van der Waals surface area contributed by atoms with E-state index in [0.29, 0.717) is 22.8 Å². The monoisotopic (exact) mass is 318 g/mol. The zero-order chi connectivity index (χ0) is 16.1. The minimum Gasteiger partial charge on any atom is -0.488 e. The van der Waals surface area contributed by atoms with Gasteiger partial charge in [0.2, 0.25) is 0 Å². The van der Waals surface area contributed by atoms with Gasteiger partial charge in [0.1, 0.15) is 23.9 Å². The van der Waals surface area contributed by atoms with Crippen molar-refractivity contribution in [2.75, 3.05) is 0 Å². The highest BCUT2D eigenvalue weighted by Gasteiger charge is 2.12. The van der Waals surface area contributed by atoms with Crippen molar-refractivity contribution >= 4 is 17.3 Å². The molecule has 0 spiro atoms. The SMILES string of the molecule is CCC(=S)Oc1cccc(F)c1COc1ccc(C)cc1C. The fraction of sp³-hybridized carbons (Fsp3) is 0.278. The Hall–Kier alpha value is -1.94. The van der Waals surface area contributed by atoms with Crippen LogP contribution in [0.25, 0.3) is 0 Å². The van der Waals surface area contributed by atoms with E-state index in [2.05, 4.69) is 0 Å². The third kappa shape index (κ3) is 4.04. The predicted octanol–water partition coefficient (Wildman–Crippen LogP) is 5.14. The van der Waals surface area contributed by atoms with Crippen molar-refractivity contribution in [3.63, 3.8) is 0 Å². The maximum absolute atomic E-state index is 14.1. The van der Waals surface area contributed by atoms with Gasteiger partial charge in [0.25, 0.3) is 0 Å². The lowest BCUT2D eigenvalue weighted by Crippen LogP contribution is -2.08. The first-order valence-electron chi connectivity index (χ1n) is 7.19. The van der Waals surface area contributed by atoms with Gasteiger partial charge in [-0.15, -0.1) is 0 Å². The second-order valence-electron chi connectivity index (χ2n) is 5.10. The number of halogens is 1. The molecule has 0 aliphatic carbocycles. The third-order valence-corrected chi connectivity index (χ3v) is 3.66. The molecule has 2 rings (SSSR count). The number of aryl methyl sites for hydroxylation is 2. The number of benzene rings is 2. The van der Waals surface area contributed by atoms with Gasteiger partial charge in [-0.25, -0.2) is 4.39 Å². The molecule has 2 nitrogen and oxygen atoms in total. The molecule has 0 radical (unpaired) electrons. The molecule has 0 amide bonds. The summed E-state index contributed by atoms with van der Waals surface area (Å²) >= 11 is 5.07. The van der Waals surface area contributed by atoms with Crippen LogP contribution in [0.5, 0.6) is 11.5 Å². The Labute approximate surface area is 135 Å². The van der Waals surface area contributed by atoms with E-state index in [0.717, 1.165) is 16.9 Å². The molecule has 22 heavy (non-hydrogen) atoms. The van der Waals surface area contributed by atoms with Gasteiger partial charge in [-0.05, 0) is 49.8 Å². The Bertz CT molecular complexity index is 683. The van der Waals surface area contributed by atoms with Crippen molar-refractivity contribution in [3.05, 3.63) is 58.9 Å². The van der Waals surface area contributed by atoms with E-state index < -0.39 is 0 Å². The maximum Gasteiger partial charge on any atom is 0.167 e. The van der Waals surface area contributed by atoms with Crippen molar-refractivity contribution < 1.29 is 13.9 Å². The summed E-state index contributed by atoms with van der Waals surface area (Å²) in [6.45, 7) is 5.98. The van der Waals surface area contributed by atoms with Crippen LogP contribution in [-0.4, -0.2) is 5.05 Å². The molecule has 0 unspecified atom stereocenters. The van der Waals surface area contributed by atoms with E-state index in [1.165, 1.54) is 6.07 Å². The van der Waals surface area contributed by atoms with Gasteiger partial charge in [0.15, 0.2) is 5.05 Å². The maximum atomic E-state index is 14.1. The van der Waals surface area contributed by atoms with Gasteiger partial charge in [-0.2, -0.15) is 0 Å². The van der Waals surface area contributed by atoms with Gasteiger partial charge < -0.3 is 9.47 Å². The van der Waals surface area contributed by atoms with Crippen molar-refractivity contribution in [2.24, 2.45) is 0 Å². The summed E-state index contributed by atoms with van der Waals surface area (Å²) in [5, 5.41) is 0.429. The lowest BCUT2D eigenvalue weighted by molar-refractivity contribution is 0.293. The average molecular weight is 318 g/mol. The van der Waals surface area contributed by atoms with Crippen molar-refractivity contribution in [2.45, 2.75) is 33.8 Å². The second kappa shape index (κ2) is 7.36. The summed E-state index contributed by atoms with van der Waals surface area (Å²) in [6.07, 6.45) is 0.600. The van der Waals surface area contributed by atoms with Crippen LogP contribution in [-0.2, 0) is 6.61 Å². The summed E-state index contributed by atoms with van der Waals surface area (Å²) in [5.74, 6) is 0.788. The van der Waals surface area contributed by atoms with Gasteiger partial charge >= 0.3 is 0 Å². The molecule has 4 heteroatoms. The van der Waals surface area contributed by atoms with E-state index in [1.807, 2.05) is 39.0 Å². The Morgan fingerprint density at radius 3 is 2.59 bits per heavy atom. The van der Waals surface area contributed by atoms with Gasteiger partial charge in [0.05, 0.1) is 5.56 Å². The molecule has 0 atom stereocenters. The molecule has 2 aromatic rings. The molecule has 0 bridgehead atoms. The molecule has 0 heterocycles. The Balaban J connectivity index is 2.19. The highest BCUT2D eigenvalue weighted by molar-refractivity contribution is 7.80. The normalized spacial score (nSPS) is 10.4. The fourth-order valence-corrected chi connectivity index (χ4v) is 2.17. The third-order valence-electron chi connectivity index (χ3n) is 3.29. The summed E-state index contributed by atoms with van der Waals surface area (Å²) < 4.78 is 25.3. The quantitative estimate of drug-likeness (QED) is 0.711. The number of thiocarbonyl (C=S) groups is 1. The van der Waals surface area contributed by atoms with Crippen molar-refractivity contribution in [1.82, 2.24) is 0 Å². The lowest BCUT2D eigenvalue weighted by Gasteiger charge is -2.14. The molecule has 0 aromatic heterocycles. The standard InChI is InChI=1S/C18H19FO2S/c1-4-18(22)21-17-7-5-6-15(19)14(17)11-20-16-9-8-12(2)10-13(16)3/h5-10H,4,11H2,1-3H3. The Morgan fingerprint density at radius 2 is 1.91 bits per heavy atom. The first-order chi connectivity index (χ1) is 10.5. The van der Waals surface area contributed by atoms with E-state index in [-0.39, 0.29) is 12.4 Å². The summed E-state index contributed by atoms with van der Waals surface area (Å²) in [5.41, 5.74) is 2.55. The highest BCUT2D eigenvalue weighted by Crippen LogP contribution is 2.26. The van der Waals surface area contributed by atoms with Crippen LogP contribution in [0.2, 0.25) is 0 Å².